The number of carbonyl (C=O) groups excluding carboxylic acids is 7. The van der Waals surface area contributed by atoms with Gasteiger partial charge in [0.2, 0.25) is 41.4 Å². The molecule has 0 saturated carbocycles. The average molecular weight is 1010 g/mol. The Balaban J connectivity index is 0.0000104. The zero-order valence-corrected chi connectivity index (χ0v) is 42.9. The Morgan fingerprint density at radius 2 is 1.28 bits per heavy atom. The van der Waals surface area contributed by atoms with E-state index in [0.29, 0.717) is 23.4 Å². The van der Waals surface area contributed by atoms with Gasteiger partial charge in [-0.15, -0.1) is 23.2 Å². The van der Waals surface area contributed by atoms with Crippen LogP contribution >= 0.6 is 0 Å². The van der Waals surface area contributed by atoms with Gasteiger partial charge in [-0.25, -0.2) is 0 Å². The van der Waals surface area contributed by atoms with Gasteiger partial charge in [-0.2, -0.15) is 11.4 Å². The molecule has 8 bridgehead atoms. The van der Waals surface area contributed by atoms with E-state index in [1.807, 2.05) is 52.5 Å². The number of primary amides is 6. The first-order chi connectivity index (χ1) is 31.4. The van der Waals surface area contributed by atoms with Crippen LogP contribution < -0.4 is 39.7 Å². The van der Waals surface area contributed by atoms with Crippen molar-refractivity contribution in [3.8, 4) is 0 Å². The summed E-state index contributed by atoms with van der Waals surface area (Å²) in [5, 5.41) is 29.7. The van der Waals surface area contributed by atoms with Gasteiger partial charge in [0, 0.05) is 80.2 Å². The van der Waals surface area contributed by atoms with Crippen LogP contribution in [-0.4, -0.2) is 93.7 Å². The van der Waals surface area contributed by atoms with E-state index in [9.17, 15) is 38.7 Å². The molecule has 0 aromatic rings. The molecule has 4 saturated heterocycles. The van der Waals surface area contributed by atoms with Crippen LogP contribution in [0.3, 0.4) is 0 Å². The van der Waals surface area contributed by atoms with Crippen molar-refractivity contribution >= 4 is 41.4 Å². The Bertz CT molecular complexity index is 2160. The third kappa shape index (κ3) is 10.7. The molecule has 7 amide bonds. The number of carbonyl (C=O) groups is 7. The van der Waals surface area contributed by atoms with Gasteiger partial charge in [0.1, 0.15) is 0 Å². The molecule has 69 heavy (non-hydrogen) atoms. The first-order valence-electron chi connectivity index (χ1n) is 23.9. The molecule has 13 atom stereocenters. The fourth-order valence-corrected chi connectivity index (χ4v) is 13.4. The summed E-state index contributed by atoms with van der Waals surface area (Å²) in [6.07, 6.45) is 1.52. The normalized spacial score (nSPS) is 37.7. The maximum atomic E-state index is 13.6. The number of nitrogens with zero attached hydrogens (tertiary/aromatic N) is 4. The van der Waals surface area contributed by atoms with Crippen LogP contribution in [0.2, 0.25) is 0 Å². The van der Waals surface area contributed by atoms with Crippen molar-refractivity contribution < 1.29 is 55.4 Å². The fourth-order valence-electron chi connectivity index (χ4n) is 13.4. The van der Waals surface area contributed by atoms with E-state index in [1.165, 1.54) is 0 Å². The van der Waals surface area contributed by atoms with Crippen molar-refractivity contribution in [3.05, 3.63) is 57.3 Å². The molecule has 5 heterocycles. The number of hydrogen-bond donors (Lipinski definition) is 8. The number of nitrogens with one attached hydrogen (secondary N) is 1. The Labute approximate surface area is 417 Å². The number of rotatable bonds is 20. The van der Waals surface area contributed by atoms with E-state index in [1.54, 1.807) is 6.92 Å². The Kier molecular flexibility index (Phi) is 17.3. The van der Waals surface area contributed by atoms with Gasteiger partial charge in [0.25, 0.3) is 0 Å². The maximum absolute atomic E-state index is 13.6. The minimum Gasteiger partial charge on any atom is -0.683 e. The van der Waals surface area contributed by atoms with Crippen molar-refractivity contribution in [2.24, 2.45) is 79.7 Å². The summed E-state index contributed by atoms with van der Waals surface area (Å²) in [5.74, 6) is -6.08. The van der Waals surface area contributed by atoms with E-state index >= 15 is 0 Å². The molecule has 389 valence electrons. The molecule has 0 aliphatic carbocycles. The molecule has 3 unspecified atom stereocenters. The quantitative estimate of drug-likeness (QED) is 0.0830. The second kappa shape index (κ2) is 21.0. The number of hydrogen-bond acceptors (Lipinski definition) is 9. The van der Waals surface area contributed by atoms with Crippen LogP contribution in [0.1, 0.15) is 133 Å². The summed E-state index contributed by atoms with van der Waals surface area (Å²) in [6.45, 7) is 17.3. The number of aliphatic hydroxyl groups excluding tert-OH is 1. The van der Waals surface area contributed by atoms with Gasteiger partial charge in [-0.05, 0) is 91.6 Å². The molecule has 1 radical (unpaired) electrons. The first kappa shape index (κ1) is 56.9. The average Bonchev–Trinajstić information content (AvgIpc) is 3.79. The van der Waals surface area contributed by atoms with Crippen LogP contribution in [0, 0.1) is 52.4 Å². The predicted octanol–water partition coefficient (Wildman–Crippen LogP) is 3.14. The van der Waals surface area contributed by atoms with Gasteiger partial charge >= 0.3 is 0 Å². The van der Waals surface area contributed by atoms with Gasteiger partial charge in [0.05, 0.1) is 6.10 Å². The molecule has 19 nitrogen and oxygen atoms in total. The SMILES string of the molecule is [CH2-]N1/C2=C(/C)C3[N-][C@H]([C@H](CC(N)=O)[C@@]3(C)CCC(=O)NC[C@@H](C)O)[C@]3(C)[N-]/C(=C(/C)C4[N-]/C(=C\C1C(C)(C)[C@@H]2CCC(N)=O)[C@@H](CCC(N)=O)[C@]4(C)CC(N)=O)[C@@H](CCC(N)=O)[C@]3(C)CC(N)=O.[Co]. The Morgan fingerprint density at radius 3 is 1.78 bits per heavy atom. The molecule has 4 fully saturated rings. The van der Waals surface area contributed by atoms with Gasteiger partial charge < -0.3 is 65.7 Å². The van der Waals surface area contributed by atoms with E-state index in [-0.39, 0.29) is 99.4 Å². The molecule has 0 aromatic heterocycles. The van der Waals surface area contributed by atoms with Crippen molar-refractivity contribution in [2.75, 3.05) is 6.54 Å². The van der Waals surface area contributed by atoms with Gasteiger partial charge in [-0.3, -0.25) is 40.6 Å². The summed E-state index contributed by atoms with van der Waals surface area (Å²) in [6, 6.07) is -2.88. The number of allylic oxidation sites excluding steroid dienone is 3. The topological polar surface area (TPSA) is 353 Å². The molecular weight excluding hydrogens is 930 g/mol. The largest absolute Gasteiger partial charge is 0.683 e. The predicted molar refractivity (Wildman–Crippen MR) is 257 cm³/mol. The smallest absolute Gasteiger partial charge is 0.220 e. The second-order valence-corrected chi connectivity index (χ2v) is 22.1. The zero-order chi connectivity index (χ0) is 51.2. The van der Waals surface area contributed by atoms with Crippen molar-refractivity contribution in [3.63, 3.8) is 0 Å². The van der Waals surface area contributed by atoms with Crippen LogP contribution in [0.25, 0.3) is 16.0 Å². The minimum atomic E-state index is -1.37. The minimum absolute atomic E-state index is 0. The number of aliphatic hydroxyl groups is 1. The summed E-state index contributed by atoms with van der Waals surface area (Å²) < 4.78 is 0. The van der Waals surface area contributed by atoms with Gasteiger partial charge in [-0.1, -0.05) is 59.2 Å². The van der Waals surface area contributed by atoms with Crippen molar-refractivity contribution in [1.29, 1.82) is 0 Å². The number of nitrogens with two attached hydrogens (primary N) is 6. The summed E-state index contributed by atoms with van der Waals surface area (Å²) in [5.41, 5.74) is 33.9. The molecule has 5 aliphatic rings. The van der Waals surface area contributed by atoms with Crippen LogP contribution in [0.5, 0.6) is 0 Å². The summed E-state index contributed by atoms with van der Waals surface area (Å²) >= 11 is 0. The maximum Gasteiger partial charge on any atom is 0.220 e. The van der Waals surface area contributed by atoms with Crippen LogP contribution in [0.15, 0.2) is 34.3 Å². The number of fused-ring (bicyclic) bond motifs is 9. The van der Waals surface area contributed by atoms with E-state index in [0.717, 1.165) is 11.3 Å². The molecular formula is C49H77CoN11O8-4. The van der Waals surface area contributed by atoms with Crippen LogP contribution in [0.4, 0.5) is 0 Å². The Hall–Kier alpha value is -4.66. The molecule has 20 heteroatoms. The first-order valence-corrected chi connectivity index (χ1v) is 23.9. The van der Waals surface area contributed by atoms with Gasteiger partial charge in [0.15, 0.2) is 0 Å². The third-order valence-corrected chi connectivity index (χ3v) is 17.0. The van der Waals surface area contributed by atoms with Crippen molar-refractivity contribution in [1.82, 2.24) is 10.2 Å². The molecule has 5 aliphatic heterocycles. The third-order valence-electron chi connectivity index (χ3n) is 17.0. The van der Waals surface area contributed by atoms with E-state index in [4.69, 9.17) is 50.4 Å². The second-order valence-electron chi connectivity index (χ2n) is 22.1. The number of amides is 7. The molecule has 14 N–H and O–H groups in total. The van der Waals surface area contributed by atoms with E-state index < -0.39 is 111 Å². The molecule has 0 aromatic carbocycles. The standard InChI is InChI=1S/C49H77N11O8.Co/c1-24(61)23-56-39(68)17-18-46(6)30(19-36(53)65)44-49(9)48(8,22-38(55)67)28(12-15-34(51)63)40(59-49)25(2)42-47(7,21-37(54)66)27(11-14-33(50)62)31(57-42)20-32-45(4,5)29(13-16-35(52)64)41(60(32)10)26(3)43(46)58-44;/h20,24,27-30,32,42-44,61H,10-19,21-23H2,1-9H3,(H2,50,62)(H2,51,63)(H2,52,64)(H2,53,65)(H2,54,66)(H2,55,67)(H,56,68);/q-4;/b31-20-,40-25-,41-26-;/t24-,27-,28-,29-,30+,32?,42?,43?,44-,46-,47+,48+,49+;/m1./s1. The summed E-state index contributed by atoms with van der Waals surface area (Å²) in [4.78, 5) is 93.7. The Morgan fingerprint density at radius 1 is 0.739 bits per heavy atom. The van der Waals surface area contributed by atoms with Crippen LogP contribution in [-0.2, 0) is 50.3 Å². The zero-order valence-electron chi connectivity index (χ0n) is 41.9. The van der Waals surface area contributed by atoms with Crippen molar-refractivity contribution in [2.45, 2.75) is 169 Å². The monoisotopic (exact) mass is 1010 g/mol. The van der Waals surface area contributed by atoms with E-state index in [2.05, 4.69) is 26.2 Å². The molecule has 5 rings (SSSR count). The summed E-state index contributed by atoms with van der Waals surface area (Å²) in [7, 11) is 4.68. The molecule has 0 spiro atoms. The fraction of sp³-hybridized carbons (Fsp3) is 0.714.